The number of halogens is 1. The fraction of sp³-hybridized carbons (Fsp3) is 0.296. The van der Waals surface area contributed by atoms with Crippen LogP contribution in [0.3, 0.4) is 0 Å². The molecule has 0 saturated heterocycles. The Morgan fingerprint density at radius 3 is 2.54 bits per heavy atom. The zero-order valence-electron chi connectivity index (χ0n) is 20.8. The minimum Gasteiger partial charge on any atom is -0.493 e. The molecule has 9 nitrogen and oxygen atoms in total. The number of hydrogen-bond donors (Lipinski definition) is 1. The van der Waals surface area contributed by atoms with Gasteiger partial charge in [-0.05, 0) is 43.2 Å². The Balaban J connectivity index is 1.39. The zero-order chi connectivity index (χ0) is 26.3. The Bertz CT molecular complexity index is 1580. The van der Waals surface area contributed by atoms with E-state index in [9.17, 15) is 9.59 Å². The number of amides is 1. The highest BCUT2D eigenvalue weighted by Gasteiger charge is 2.27. The van der Waals surface area contributed by atoms with Crippen molar-refractivity contribution in [3.8, 4) is 17.2 Å². The van der Waals surface area contributed by atoms with E-state index in [4.69, 9.17) is 30.3 Å². The van der Waals surface area contributed by atoms with Gasteiger partial charge in [0.15, 0.2) is 11.5 Å². The second-order valence-electron chi connectivity index (χ2n) is 8.84. The summed E-state index contributed by atoms with van der Waals surface area (Å²) in [5, 5.41) is 8.69. The normalized spacial score (nSPS) is 16.9. The molecule has 5 rings (SSSR count). The zero-order valence-corrected chi connectivity index (χ0v) is 21.6. The number of hydrogen-bond acceptors (Lipinski definition) is 7. The SMILES string of the molecule is COc1cc(CC(=O)NC2C=CC(n3c(=O)c4c(C)onc4c4c(Cl)cccc43)C2)cc(OC)c1OC. The average molecular weight is 524 g/mol. The summed E-state index contributed by atoms with van der Waals surface area (Å²) >= 11 is 6.52. The van der Waals surface area contributed by atoms with Crippen LogP contribution >= 0.6 is 11.6 Å². The first-order chi connectivity index (χ1) is 17.9. The summed E-state index contributed by atoms with van der Waals surface area (Å²) in [5.41, 5.74) is 1.63. The highest BCUT2D eigenvalue weighted by molar-refractivity contribution is 6.37. The minimum absolute atomic E-state index is 0.121. The lowest BCUT2D eigenvalue weighted by molar-refractivity contribution is -0.120. The topological polar surface area (TPSA) is 105 Å². The molecular formula is C27H26ClN3O6. The fourth-order valence-electron chi connectivity index (χ4n) is 4.96. The number of allylic oxidation sites excluding steroid dienone is 1. The molecule has 0 aliphatic heterocycles. The van der Waals surface area contributed by atoms with E-state index in [0.29, 0.717) is 56.3 Å². The monoisotopic (exact) mass is 523 g/mol. The maximum absolute atomic E-state index is 13.5. The average Bonchev–Trinajstić information content (AvgIpc) is 3.50. The van der Waals surface area contributed by atoms with E-state index in [1.165, 1.54) is 21.3 Å². The van der Waals surface area contributed by atoms with Crippen molar-refractivity contribution in [2.24, 2.45) is 0 Å². The van der Waals surface area contributed by atoms with Gasteiger partial charge in [-0.3, -0.25) is 9.59 Å². The molecule has 4 aromatic rings. The molecule has 2 unspecified atom stereocenters. The smallest absolute Gasteiger partial charge is 0.264 e. The standard InChI is InChI=1S/C27H26ClN3O6/c1-14-23-25(30-37-14)24-18(28)6-5-7-19(24)31(27(23)33)17-9-8-16(13-17)29-22(32)12-15-10-20(34-2)26(36-4)21(11-15)35-3/h5-11,16-17H,12-13H2,1-4H3,(H,29,32). The number of methoxy groups -OCH3 is 3. The summed E-state index contributed by atoms with van der Waals surface area (Å²) < 4.78 is 23.2. The van der Waals surface area contributed by atoms with Crippen LogP contribution in [-0.2, 0) is 11.2 Å². The molecule has 0 radical (unpaired) electrons. The molecule has 1 amide bonds. The number of nitrogens with one attached hydrogen (secondary N) is 1. The Morgan fingerprint density at radius 1 is 1.14 bits per heavy atom. The molecule has 10 heteroatoms. The van der Waals surface area contributed by atoms with Crippen molar-refractivity contribution in [3.63, 3.8) is 0 Å². The number of fused-ring (bicyclic) bond motifs is 3. The van der Waals surface area contributed by atoms with Gasteiger partial charge in [0.05, 0.1) is 44.3 Å². The molecule has 2 aromatic carbocycles. The summed E-state index contributed by atoms with van der Waals surface area (Å²) in [6.07, 6.45) is 4.47. The molecule has 1 N–H and O–H groups in total. The van der Waals surface area contributed by atoms with Crippen LogP contribution in [-0.4, -0.2) is 43.0 Å². The van der Waals surface area contributed by atoms with Gasteiger partial charge in [0.25, 0.3) is 5.56 Å². The number of carbonyl (C=O) groups excluding carboxylic acids is 1. The molecule has 0 fully saturated rings. The van der Waals surface area contributed by atoms with Crippen molar-refractivity contribution in [2.45, 2.75) is 31.8 Å². The molecule has 192 valence electrons. The second kappa shape index (κ2) is 9.82. The highest BCUT2D eigenvalue weighted by atomic mass is 35.5. The van der Waals surface area contributed by atoms with E-state index in [2.05, 4.69) is 10.5 Å². The first kappa shape index (κ1) is 24.7. The van der Waals surface area contributed by atoms with E-state index in [1.807, 2.05) is 18.2 Å². The Labute approximate surface area is 217 Å². The molecule has 0 spiro atoms. The van der Waals surface area contributed by atoms with Crippen molar-refractivity contribution in [2.75, 3.05) is 21.3 Å². The summed E-state index contributed by atoms with van der Waals surface area (Å²) in [5.74, 6) is 1.70. The molecule has 2 heterocycles. The number of aromatic nitrogens is 2. The third kappa shape index (κ3) is 4.29. The minimum atomic E-state index is -0.279. The number of aryl methyl sites for hydroxylation is 1. The van der Waals surface area contributed by atoms with E-state index in [1.54, 1.807) is 35.8 Å². The highest BCUT2D eigenvalue weighted by Crippen LogP contribution is 2.38. The van der Waals surface area contributed by atoms with Gasteiger partial charge in [0.2, 0.25) is 11.7 Å². The van der Waals surface area contributed by atoms with Crippen LogP contribution in [0, 0.1) is 6.92 Å². The van der Waals surface area contributed by atoms with Crippen molar-refractivity contribution >= 4 is 39.3 Å². The molecule has 0 bridgehead atoms. The maximum atomic E-state index is 13.5. The van der Waals surface area contributed by atoms with Crippen LogP contribution in [0.2, 0.25) is 5.02 Å². The van der Waals surface area contributed by atoms with Crippen molar-refractivity contribution in [3.05, 3.63) is 69.2 Å². The summed E-state index contributed by atoms with van der Waals surface area (Å²) in [6.45, 7) is 1.71. The van der Waals surface area contributed by atoms with E-state index in [0.717, 1.165) is 5.56 Å². The molecular weight excluding hydrogens is 498 g/mol. The van der Waals surface area contributed by atoms with Gasteiger partial charge in [-0.2, -0.15) is 0 Å². The molecule has 37 heavy (non-hydrogen) atoms. The second-order valence-corrected chi connectivity index (χ2v) is 9.25. The van der Waals surface area contributed by atoms with Crippen molar-refractivity contribution in [1.82, 2.24) is 15.0 Å². The largest absolute Gasteiger partial charge is 0.493 e. The van der Waals surface area contributed by atoms with E-state index in [-0.39, 0.29) is 30.0 Å². The number of carbonyl (C=O) groups is 1. The van der Waals surface area contributed by atoms with Crippen LogP contribution in [0.4, 0.5) is 0 Å². The van der Waals surface area contributed by atoms with Gasteiger partial charge >= 0.3 is 0 Å². The van der Waals surface area contributed by atoms with Crippen molar-refractivity contribution in [1.29, 1.82) is 0 Å². The lowest BCUT2D eigenvalue weighted by Crippen LogP contribution is -2.35. The molecule has 2 atom stereocenters. The fourth-order valence-corrected chi connectivity index (χ4v) is 5.22. The lowest BCUT2D eigenvalue weighted by Gasteiger charge is -2.19. The van der Waals surface area contributed by atoms with Crippen LogP contribution in [0.15, 0.2) is 51.8 Å². The van der Waals surface area contributed by atoms with Gasteiger partial charge in [-0.25, -0.2) is 0 Å². The third-order valence-electron chi connectivity index (χ3n) is 6.61. The number of nitrogens with zero attached hydrogens (tertiary/aromatic N) is 2. The first-order valence-electron chi connectivity index (χ1n) is 11.7. The van der Waals surface area contributed by atoms with Gasteiger partial charge in [-0.15, -0.1) is 0 Å². The Morgan fingerprint density at radius 2 is 1.86 bits per heavy atom. The van der Waals surface area contributed by atoms with Gasteiger partial charge < -0.3 is 28.6 Å². The summed E-state index contributed by atoms with van der Waals surface area (Å²) in [6, 6.07) is 8.38. The quantitative estimate of drug-likeness (QED) is 0.359. The van der Waals surface area contributed by atoms with Gasteiger partial charge in [-0.1, -0.05) is 35.0 Å². The molecule has 2 aromatic heterocycles. The van der Waals surface area contributed by atoms with Crippen molar-refractivity contribution < 1.29 is 23.5 Å². The molecule has 1 aliphatic carbocycles. The first-order valence-corrected chi connectivity index (χ1v) is 12.1. The molecule has 0 saturated carbocycles. The van der Waals surface area contributed by atoms with Gasteiger partial charge in [0.1, 0.15) is 16.7 Å². The molecule has 1 aliphatic rings. The number of pyridine rings is 1. The van der Waals surface area contributed by atoms with Crippen LogP contribution < -0.4 is 25.1 Å². The van der Waals surface area contributed by atoms with Gasteiger partial charge in [0, 0.05) is 11.4 Å². The lowest BCUT2D eigenvalue weighted by atomic mass is 10.1. The summed E-state index contributed by atoms with van der Waals surface area (Å²) in [4.78, 5) is 26.4. The number of ether oxygens (including phenoxy) is 3. The van der Waals surface area contributed by atoms with E-state index < -0.39 is 0 Å². The van der Waals surface area contributed by atoms with Crippen LogP contribution in [0.1, 0.15) is 23.8 Å². The number of rotatable bonds is 7. The predicted molar refractivity (Wildman–Crippen MR) is 140 cm³/mol. The number of benzene rings is 2. The maximum Gasteiger partial charge on any atom is 0.264 e. The third-order valence-corrected chi connectivity index (χ3v) is 6.93. The van der Waals surface area contributed by atoms with Crippen LogP contribution in [0.5, 0.6) is 17.2 Å². The van der Waals surface area contributed by atoms with E-state index >= 15 is 0 Å². The van der Waals surface area contributed by atoms with Crippen LogP contribution in [0.25, 0.3) is 21.8 Å². The Kier molecular flexibility index (Phi) is 6.55. The summed E-state index contributed by atoms with van der Waals surface area (Å²) in [7, 11) is 4.59. The predicted octanol–water partition coefficient (Wildman–Crippen LogP) is 4.36. The Hall–Kier alpha value is -3.98.